The summed E-state index contributed by atoms with van der Waals surface area (Å²) in [6.07, 6.45) is 2.22. The molecule has 0 saturated carbocycles. The van der Waals surface area contributed by atoms with Gasteiger partial charge >= 0.3 is 0 Å². The van der Waals surface area contributed by atoms with Crippen LogP contribution in [0.2, 0.25) is 0 Å². The van der Waals surface area contributed by atoms with Gasteiger partial charge in [-0.2, -0.15) is 0 Å². The molecule has 35 heavy (non-hydrogen) atoms. The average molecular weight is 507 g/mol. The first-order valence-corrected chi connectivity index (χ1v) is 13.5. The lowest BCUT2D eigenvalue weighted by atomic mass is 10.2. The highest BCUT2D eigenvalue weighted by molar-refractivity contribution is 7.98. The molecule has 7 nitrogen and oxygen atoms in total. The minimum Gasteiger partial charge on any atom is -0.376 e. The van der Waals surface area contributed by atoms with Gasteiger partial charge < -0.3 is 10.1 Å². The molecule has 0 bridgehead atoms. The highest BCUT2D eigenvalue weighted by Crippen LogP contribution is 2.25. The summed E-state index contributed by atoms with van der Waals surface area (Å²) in [6, 6.07) is 15.1. The van der Waals surface area contributed by atoms with E-state index in [4.69, 9.17) is 9.72 Å². The Morgan fingerprint density at radius 3 is 2.86 bits per heavy atom. The van der Waals surface area contributed by atoms with Crippen molar-refractivity contribution in [2.75, 3.05) is 11.9 Å². The van der Waals surface area contributed by atoms with E-state index in [1.54, 1.807) is 4.57 Å². The summed E-state index contributed by atoms with van der Waals surface area (Å²) in [5.74, 6) is 0.473. The number of carbonyl (C=O) groups is 1. The summed E-state index contributed by atoms with van der Waals surface area (Å²) in [5, 5.41) is 6.96. The number of hydrogen-bond acceptors (Lipinski definition) is 7. The highest BCUT2D eigenvalue weighted by Gasteiger charge is 2.20. The summed E-state index contributed by atoms with van der Waals surface area (Å²) < 4.78 is 7.53. The molecular weight excluding hydrogens is 480 g/mol. The van der Waals surface area contributed by atoms with E-state index < -0.39 is 0 Å². The minimum atomic E-state index is -0.0885. The van der Waals surface area contributed by atoms with Gasteiger partial charge in [0.15, 0.2) is 5.16 Å². The van der Waals surface area contributed by atoms with Crippen molar-refractivity contribution in [1.82, 2.24) is 14.5 Å². The normalized spacial score (nSPS) is 15.5. The quantitative estimate of drug-likeness (QED) is 0.273. The van der Waals surface area contributed by atoms with Gasteiger partial charge in [0, 0.05) is 23.4 Å². The maximum Gasteiger partial charge on any atom is 0.262 e. The third kappa shape index (κ3) is 5.63. The number of carbonyl (C=O) groups excluding carboxylic acids is 1. The van der Waals surface area contributed by atoms with Crippen LogP contribution in [0.5, 0.6) is 0 Å². The number of fused-ring (bicyclic) bond motifs is 1. The number of anilines is 1. The number of aryl methyl sites for hydroxylation is 1. The number of nitrogens with one attached hydrogen (secondary N) is 1. The smallest absolute Gasteiger partial charge is 0.262 e. The van der Waals surface area contributed by atoms with E-state index in [0.29, 0.717) is 28.4 Å². The fourth-order valence-corrected chi connectivity index (χ4v) is 5.89. The van der Waals surface area contributed by atoms with Gasteiger partial charge in [-0.25, -0.2) is 9.97 Å². The molecule has 0 radical (unpaired) electrons. The van der Waals surface area contributed by atoms with E-state index in [1.165, 1.54) is 23.1 Å². The van der Waals surface area contributed by atoms with Crippen molar-refractivity contribution in [2.24, 2.45) is 0 Å². The summed E-state index contributed by atoms with van der Waals surface area (Å²) in [7, 11) is 0. The molecule has 1 atom stereocenters. The second-order valence-corrected chi connectivity index (χ2v) is 10.4. The number of aromatic nitrogens is 3. The molecule has 9 heteroatoms. The lowest BCUT2D eigenvalue weighted by Gasteiger charge is -2.16. The SMILES string of the molecule is Cc1ccccc1NC(=O)Cc1nc(CSc2nc3ccccc3c(=O)n2C[C@H]2CCCO2)cs1. The maximum absolute atomic E-state index is 13.2. The lowest BCUT2D eigenvalue weighted by Crippen LogP contribution is -2.28. The van der Waals surface area contributed by atoms with Crippen molar-refractivity contribution >= 4 is 45.6 Å². The Bertz CT molecular complexity index is 1410. The standard InChI is InChI=1S/C26H26N4O3S2/c1-17-7-2-4-10-21(17)28-23(31)13-24-27-18(15-34-24)16-35-26-29-22-11-5-3-9-20(22)25(32)30(26)14-19-8-6-12-33-19/h2-5,7,9-11,15,19H,6,8,12-14,16H2,1H3,(H,28,31)/t19-/m1/s1. The molecule has 1 saturated heterocycles. The van der Waals surface area contributed by atoms with Crippen LogP contribution < -0.4 is 10.9 Å². The van der Waals surface area contributed by atoms with Crippen molar-refractivity contribution in [3.05, 3.63) is 80.5 Å². The fraction of sp³-hybridized carbons (Fsp3) is 0.308. The largest absolute Gasteiger partial charge is 0.376 e. The van der Waals surface area contributed by atoms with E-state index in [0.717, 1.165) is 41.4 Å². The number of nitrogens with zero attached hydrogens (tertiary/aromatic N) is 3. The predicted molar refractivity (Wildman–Crippen MR) is 140 cm³/mol. The molecule has 1 N–H and O–H groups in total. The van der Waals surface area contributed by atoms with Gasteiger partial charge in [-0.15, -0.1) is 11.3 Å². The van der Waals surface area contributed by atoms with Gasteiger partial charge in [-0.05, 0) is 43.5 Å². The van der Waals surface area contributed by atoms with Gasteiger partial charge in [0.25, 0.3) is 5.56 Å². The van der Waals surface area contributed by atoms with Gasteiger partial charge in [-0.3, -0.25) is 14.2 Å². The van der Waals surface area contributed by atoms with E-state index >= 15 is 0 Å². The van der Waals surface area contributed by atoms with Crippen LogP contribution in [0.25, 0.3) is 10.9 Å². The number of ether oxygens (including phenoxy) is 1. The number of amides is 1. The molecule has 1 fully saturated rings. The molecule has 0 aliphatic carbocycles. The summed E-state index contributed by atoms with van der Waals surface area (Å²) in [6.45, 7) is 3.20. The first-order valence-electron chi connectivity index (χ1n) is 11.6. The number of benzene rings is 2. The summed E-state index contributed by atoms with van der Waals surface area (Å²) in [5.41, 5.74) is 3.35. The minimum absolute atomic E-state index is 0.0349. The summed E-state index contributed by atoms with van der Waals surface area (Å²) >= 11 is 2.96. The van der Waals surface area contributed by atoms with E-state index in [1.807, 2.05) is 60.8 Å². The van der Waals surface area contributed by atoms with Crippen LogP contribution in [0.4, 0.5) is 5.69 Å². The van der Waals surface area contributed by atoms with Crippen LogP contribution in [0, 0.1) is 6.92 Å². The molecule has 5 rings (SSSR count). The number of hydrogen-bond donors (Lipinski definition) is 1. The van der Waals surface area contributed by atoms with Crippen molar-refractivity contribution in [2.45, 2.75) is 49.7 Å². The fourth-order valence-electron chi connectivity index (χ4n) is 4.09. The van der Waals surface area contributed by atoms with Crippen LogP contribution in [0.1, 0.15) is 29.1 Å². The molecule has 1 amide bonds. The van der Waals surface area contributed by atoms with Crippen molar-refractivity contribution in [1.29, 1.82) is 0 Å². The second kappa shape index (κ2) is 10.7. The van der Waals surface area contributed by atoms with Crippen molar-refractivity contribution in [3.63, 3.8) is 0 Å². The molecule has 180 valence electrons. The number of rotatable bonds is 8. The first kappa shape index (κ1) is 23.7. The van der Waals surface area contributed by atoms with Gasteiger partial charge in [-0.1, -0.05) is 42.1 Å². The molecule has 1 aliphatic heterocycles. The molecule has 3 heterocycles. The van der Waals surface area contributed by atoms with Gasteiger partial charge in [0.1, 0.15) is 5.01 Å². The third-order valence-electron chi connectivity index (χ3n) is 5.92. The van der Waals surface area contributed by atoms with Crippen LogP contribution in [-0.4, -0.2) is 33.2 Å². The molecule has 2 aromatic carbocycles. The number of thioether (sulfide) groups is 1. The molecule has 1 aliphatic rings. The Labute approximate surface area is 211 Å². The monoisotopic (exact) mass is 506 g/mol. The van der Waals surface area contributed by atoms with E-state index in [9.17, 15) is 9.59 Å². The summed E-state index contributed by atoms with van der Waals surface area (Å²) in [4.78, 5) is 35.2. The zero-order valence-corrected chi connectivity index (χ0v) is 21.0. The zero-order valence-electron chi connectivity index (χ0n) is 19.4. The zero-order chi connectivity index (χ0) is 24.2. The molecule has 0 unspecified atom stereocenters. The van der Waals surface area contributed by atoms with Crippen LogP contribution in [0.3, 0.4) is 0 Å². The molecule has 0 spiro atoms. The van der Waals surface area contributed by atoms with E-state index in [2.05, 4.69) is 10.3 Å². The van der Waals surface area contributed by atoms with Crippen molar-refractivity contribution in [3.8, 4) is 0 Å². The number of para-hydroxylation sites is 2. The predicted octanol–water partition coefficient (Wildman–Crippen LogP) is 4.81. The Hall–Kier alpha value is -3.01. The maximum atomic E-state index is 13.2. The Morgan fingerprint density at radius 1 is 1.20 bits per heavy atom. The van der Waals surface area contributed by atoms with Crippen LogP contribution in [-0.2, 0) is 28.2 Å². The average Bonchev–Trinajstić information content (AvgIpc) is 3.53. The Kier molecular flexibility index (Phi) is 7.26. The van der Waals surface area contributed by atoms with Gasteiger partial charge in [0.05, 0.1) is 35.7 Å². The number of thiazole rings is 1. The molecule has 4 aromatic rings. The lowest BCUT2D eigenvalue weighted by molar-refractivity contribution is -0.115. The highest BCUT2D eigenvalue weighted by atomic mass is 32.2. The molecular formula is C26H26N4O3S2. The van der Waals surface area contributed by atoms with Crippen LogP contribution in [0.15, 0.2) is 63.9 Å². The van der Waals surface area contributed by atoms with E-state index in [-0.39, 0.29) is 24.0 Å². The Balaban J connectivity index is 1.29. The van der Waals surface area contributed by atoms with Crippen LogP contribution >= 0.6 is 23.1 Å². The second-order valence-electron chi connectivity index (χ2n) is 8.52. The molecule has 2 aromatic heterocycles. The topological polar surface area (TPSA) is 86.1 Å². The van der Waals surface area contributed by atoms with Crippen molar-refractivity contribution < 1.29 is 9.53 Å². The Morgan fingerprint density at radius 2 is 2.03 bits per heavy atom. The third-order valence-corrected chi connectivity index (χ3v) is 7.82. The first-order chi connectivity index (χ1) is 17.1. The van der Waals surface area contributed by atoms with Gasteiger partial charge in [0.2, 0.25) is 5.91 Å².